The minimum Gasteiger partial charge on any atom is -0.448 e. The number of hydrogen-bond acceptors (Lipinski definition) is 6. The predicted molar refractivity (Wildman–Crippen MR) is 103 cm³/mol. The third-order valence-corrected chi connectivity index (χ3v) is 5.82. The van der Waals surface area contributed by atoms with Gasteiger partial charge in [0, 0.05) is 17.0 Å². The molecule has 1 aromatic carbocycles. The summed E-state index contributed by atoms with van der Waals surface area (Å²) in [6.45, 7) is 1.44. The number of nitro groups is 1. The zero-order valence-electron chi connectivity index (χ0n) is 14.5. The molecule has 1 aromatic heterocycles. The summed E-state index contributed by atoms with van der Waals surface area (Å²) in [6, 6.07) is 5.55. The maximum Gasteiger partial charge on any atom is 0.349 e. The summed E-state index contributed by atoms with van der Waals surface area (Å²) in [6.07, 6.45) is 3.08. The van der Waals surface area contributed by atoms with Gasteiger partial charge in [-0.25, -0.2) is 4.79 Å². The van der Waals surface area contributed by atoms with Gasteiger partial charge in [-0.05, 0) is 50.3 Å². The molecule has 1 aliphatic rings. The molecule has 1 N–H and O–H groups in total. The van der Waals surface area contributed by atoms with Crippen LogP contribution in [0.1, 0.15) is 39.9 Å². The van der Waals surface area contributed by atoms with Crippen LogP contribution in [0.5, 0.6) is 0 Å². The smallest absolute Gasteiger partial charge is 0.349 e. The molecule has 1 atom stereocenters. The van der Waals surface area contributed by atoms with Gasteiger partial charge in [-0.15, -0.1) is 11.3 Å². The van der Waals surface area contributed by atoms with Crippen LogP contribution in [-0.2, 0) is 22.4 Å². The van der Waals surface area contributed by atoms with Gasteiger partial charge in [0.1, 0.15) is 4.88 Å². The average Bonchev–Trinajstić information content (AvgIpc) is 3.07. The van der Waals surface area contributed by atoms with Gasteiger partial charge in [-0.2, -0.15) is 0 Å². The lowest BCUT2D eigenvalue weighted by atomic mass is 9.99. The van der Waals surface area contributed by atoms with E-state index in [1.165, 1.54) is 40.8 Å². The van der Waals surface area contributed by atoms with Gasteiger partial charge in [-0.3, -0.25) is 14.9 Å². The Morgan fingerprint density at radius 1 is 1.30 bits per heavy atom. The van der Waals surface area contributed by atoms with Crippen LogP contribution in [0.3, 0.4) is 0 Å². The Kier molecular flexibility index (Phi) is 5.76. The standard InChI is InChI=1S/C18H17ClN2O5S/c1-10(17(22)20-14-9-12(21(24)25)6-7-13(14)19)26-18(23)16-8-11-4-2-3-5-15(11)27-16/h6-10H,2-5H2,1H3,(H,20,22)/t10-/m1/s1. The molecule has 0 unspecified atom stereocenters. The zero-order chi connectivity index (χ0) is 19.6. The molecule has 9 heteroatoms. The number of fused-ring (bicyclic) bond motifs is 1. The molecule has 0 radical (unpaired) electrons. The fourth-order valence-corrected chi connectivity index (χ4v) is 4.12. The summed E-state index contributed by atoms with van der Waals surface area (Å²) in [4.78, 5) is 36.6. The summed E-state index contributed by atoms with van der Waals surface area (Å²) in [5.41, 5.74) is 1.06. The maximum absolute atomic E-state index is 12.3. The van der Waals surface area contributed by atoms with Gasteiger partial charge < -0.3 is 10.1 Å². The highest BCUT2D eigenvalue weighted by atomic mass is 35.5. The van der Waals surface area contributed by atoms with E-state index in [1.807, 2.05) is 6.07 Å². The topological polar surface area (TPSA) is 98.5 Å². The van der Waals surface area contributed by atoms with Crippen molar-refractivity contribution in [2.24, 2.45) is 0 Å². The molecule has 3 rings (SSSR count). The van der Waals surface area contributed by atoms with Crippen LogP contribution in [0.4, 0.5) is 11.4 Å². The van der Waals surface area contributed by atoms with Crippen LogP contribution < -0.4 is 5.32 Å². The van der Waals surface area contributed by atoms with E-state index in [4.69, 9.17) is 16.3 Å². The van der Waals surface area contributed by atoms with E-state index in [0.717, 1.165) is 31.7 Å². The van der Waals surface area contributed by atoms with Crippen LogP contribution >= 0.6 is 22.9 Å². The molecule has 0 aliphatic heterocycles. The van der Waals surface area contributed by atoms with Gasteiger partial charge in [0.15, 0.2) is 6.10 Å². The Morgan fingerprint density at radius 3 is 2.74 bits per heavy atom. The lowest BCUT2D eigenvalue weighted by Crippen LogP contribution is -2.29. The number of hydrogen-bond donors (Lipinski definition) is 1. The number of aryl methyl sites for hydroxylation is 2. The minimum atomic E-state index is -1.08. The number of carbonyl (C=O) groups is 2. The number of rotatable bonds is 5. The quantitative estimate of drug-likeness (QED) is 0.450. The van der Waals surface area contributed by atoms with Gasteiger partial charge in [0.25, 0.3) is 11.6 Å². The normalized spacial score (nSPS) is 14.1. The van der Waals surface area contributed by atoms with E-state index in [-0.39, 0.29) is 16.4 Å². The number of ether oxygens (including phenoxy) is 1. The predicted octanol–water partition coefficient (Wildman–Crippen LogP) is 4.37. The molecule has 1 aliphatic carbocycles. The first-order valence-corrected chi connectivity index (χ1v) is 9.62. The second-order valence-electron chi connectivity index (χ2n) is 6.22. The highest BCUT2D eigenvalue weighted by molar-refractivity contribution is 7.14. The van der Waals surface area contributed by atoms with Crippen LogP contribution in [0.2, 0.25) is 5.02 Å². The number of anilines is 1. The van der Waals surface area contributed by atoms with E-state index in [9.17, 15) is 19.7 Å². The Labute approximate surface area is 164 Å². The molecule has 0 spiro atoms. The fraction of sp³-hybridized carbons (Fsp3) is 0.333. The van der Waals surface area contributed by atoms with Gasteiger partial charge in [-0.1, -0.05) is 11.6 Å². The molecule has 0 bridgehead atoms. The van der Waals surface area contributed by atoms with Crippen molar-refractivity contribution >= 4 is 46.2 Å². The minimum absolute atomic E-state index is 0.0883. The number of nitro benzene ring substituents is 1. The van der Waals surface area contributed by atoms with Crippen LogP contribution in [0.15, 0.2) is 24.3 Å². The second-order valence-corrected chi connectivity index (χ2v) is 7.77. The molecule has 1 amide bonds. The molecule has 27 heavy (non-hydrogen) atoms. The van der Waals surface area contributed by atoms with E-state index >= 15 is 0 Å². The molecule has 142 valence electrons. The number of benzene rings is 1. The summed E-state index contributed by atoms with van der Waals surface area (Å²) in [5.74, 6) is -1.17. The van der Waals surface area contributed by atoms with Crippen molar-refractivity contribution in [1.29, 1.82) is 0 Å². The lowest BCUT2D eigenvalue weighted by Gasteiger charge is -2.13. The molecular formula is C18H17ClN2O5S. The largest absolute Gasteiger partial charge is 0.448 e. The van der Waals surface area contributed by atoms with Crippen molar-refractivity contribution in [1.82, 2.24) is 0 Å². The molecule has 7 nitrogen and oxygen atoms in total. The average molecular weight is 409 g/mol. The first-order chi connectivity index (χ1) is 12.8. The first kappa shape index (κ1) is 19.3. The van der Waals surface area contributed by atoms with Crippen LogP contribution in [-0.4, -0.2) is 22.9 Å². The summed E-state index contributed by atoms with van der Waals surface area (Å²) >= 11 is 7.37. The number of non-ortho nitro benzene ring substituents is 1. The highest BCUT2D eigenvalue weighted by Gasteiger charge is 2.23. The fourth-order valence-electron chi connectivity index (χ4n) is 2.82. The highest BCUT2D eigenvalue weighted by Crippen LogP contribution is 2.30. The summed E-state index contributed by atoms with van der Waals surface area (Å²) in [5, 5.41) is 13.5. The van der Waals surface area contributed by atoms with E-state index in [2.05, 4.69) is 5.32 Å². The number of thiophene rings is 1. The third kappa shape index (κ3) is 4.45. The lowest BCUT2D eigenvalue weighted by molar-refractivity contribution is -0.384. The van der Waals surface area contributed by atoms with Crippen molar-refractivity contribution in [3.05, 3.63) is 54.7 Å². The molecule has 2 aromatic rings. The van der Waals surface area contributed by atoms with Gasteiger partial charge in [0.05, 0.1) is 15.6 Å². The van der Waals surface area contributed by atoms with Crippen molar-refractivity contribution in [3.8, 4) is 0 Å². The van der Waals surface area contributed by atoms with Crippen molar-refractivity contribution in [2.45, 2.75) is 38.7 Å². The van der Waals surface area contributed by atoms with E-state index in [0.29, 0.717) is 4.88 Å². The molecule has 1 heterocycles. The van der Waals surface area contributed by atoms with Gasteiger partial charge in [0.2, 0.25) is 0 Å². The Bertz CT molecular complexity index is 888. The molecule has 0 saturated heterocycles. The molecule has 0 saturated carbocycles. The third-order valence-electron chi connectivity index (χ3n) is 4.27. The number of halogens is 1. The van der Waals surface area contributed by atoms with Crippen molar-refractivity contribution in [2.75, 3.05) is 5.32 Å². The number of amides is 1. The monoisotopic (exact) mass is 408 g/mol. The van der Waals surface area contributed by atoms with Crippen molar-refractivity contribution in [3.63, 3.8) is 0 Å². The second kappa shape index (κ2) is 8.06. The van der Waals surface area contributed by atoms with Crippen LogP contribution in [0.25, 0.3) is 0 Å². The number of nitrogens with zero attached hydrogens (tertiary/aromatic N) is 1. The van der Waals surface area contributed by atoms with Crippen LogP contribution in [0, 0.1) is 10.1 Å². The van der Waals surface area contributed by atoms with E-state index < -0.39 is 22.9 Å². The molecule has 0 fully saturated rings. The van der Waals surface area contributed by atoms with Crippen molar-refractivity contribution < 1.29 is 19.2 Å². The SMILES string of the molecule is C[C@@H](OC(=O)c1cc2c(s1)CCCC2)C(=O)Nc1cc([N+](=O)[O-])ccc1Cl. The summed E-state index contributed by atoms with van der Waals surface area (Å²) < 4.78 is 5.25. The molecular weight excluding hydrogens is 392 g/mol. The first-order valence-electron chi connectivity index (χ1n) is 8.42. The number of nitrogens with one attached hydrogen (secondary N) is 1. The van der Waals surface area contributed by atoms with E-state index in [1.54, 1.807) is 0 Å². The number of carbonyl (C=O) groups excluding carboxylic acids is 2. The van der Waals surface area contributed by atoms with Gasteiger partial charge >= 0.3 is 5.97 Å². The zero-order valence-corrected chi connectivity index (χ0v) is 16.1. The Balaban J connectivity index is 1.65. The number of esters is 1. The Morgan fingerprint density at radius 2 is 2.04 bits per heavy atom. The summed E-state index contributed by atoms with van der Waals surface area (Å²) in [7, 11) is 0. The Hall–Kier alpha value is -2.45. The maximum atomic E-state index is 12.3.